The van der Waals surface area contributed by atoms with Gasteiger partial charge in [0.2, 0.25) is 0 Å². The molecule has 1 aliphatic rings. The van der Waals surface area contributed by atoms with Crippen LogP contribution in [0.25, 0.3) is 0 Å². The van der Waals surface area contributed by atoms with Crippen LogP contribution in [0.4, 0.5) is 4.79 Å². The number of carbonyl (C=O) groups excluding carboxylic acids is 1. The van der Waals surface area contributed by atoms with E-state index in [1.165, 1.54) is 11.3 Å². The maximum absolute atomic E-state index is 12.0. The Labute approximate surface area is 135 Å². The number of carbonyl (C=O) groups is 1. The van der Waals surface area contributed by atoms with Crippen molar-refractivity contribution in [2.75, 3.05) is 13.1 Å². The van der Waals surface area contributed by atoms with E-state index >= 15 is 0 Å². The maximum atomic E-state index is 12.0. The monoisotopic (exact) mass is 327 g/mol. The molecule has 2 heterocycles. The third-order valence-electron chi connectivity index (χ3n) is 3.43. The third-order valence-corrected chi connectivity index (χ3v) is 4.50. The van der Waals surface area contributed by atoms with Gasteiger partial charge in [-0.25, -0.2) is 4.79 Å². The van der Waals surface area contributed by atoms with Gasteiger partial charge in [-0.05, 0) is 33.6 Å². The van der Waals surface area contributed by atoms with Gasteiger partial charge in [0.05, 0.1) is 12.6 Å². The Kier molecular flexibility index (Phi) is 5.28. The number of aliphatic hydroxyl groups excluding tert-OH is 1. The lowest BCUT2D eigenvalue weighted by atomic mass is 10.1. The molecule has 22 heavy (non-hydrogen) atoms. The van der Waals surface area contributed by atoms with Crippen molar-refractivity contribution in [2.45, 2.75) is 51.9 Å². The van der Waals surface area contributed by atoms with E-state index in [9.17, 15) is 4.79 Å². The first kappa shape index (κ1) is 17.0. The highest BCUT2D eigenvalue weighted by Crippen LogP contribution is 2.17. The summed E-state index contributed by atoms with van der Waals surface area (Å²) in [5.74, 6) is 0. The number of ether oxygens (including phenoxy) is 1. The van der Waals surface area contributed by atoms with E-state index in [1.54, 1.807) is 4.90 Å². The lowest BCUT2D eigenvalue weighted by molar-refractivity contribution is 0.0206. The van der Waals surface area contributed by atoms with E-state index in [1.807, 2.05) is 38.6 Å². The van der Waals surface area contributed by atoms with Crippen molar-refractivity contribution in [3.05, 3.63) is 15.9 Å². The van der Waals surface area contributed by atoms with Crippen LogP contribution in [-0.2, 0) is 18.4 Å². The van der Waals surface area contributed by atoms with Gasteiger partial charge in [0.25, 0.3) is 0 Å². The van der Waals surface area contributed by atoms with Crippen molar-refractivity contribution >= 4 is 17.4 Å². The van der Waals surface area contributed by atoms with Gasteiger partial charge in [-0.2, -0.15) is 0 Å². The van der Waals surface area contributed by atoms with E-state index in [0.29, 0.717) is 13.1 Å². The van der Waals surface area contributed by atoms with E-state index < -0.39 is 5.60 Å². The summed E-state index contributed by atoms with van der Waals surface area (Å²) in [4.78, 5) is 20.3. The molecule has 1 amide bonds. The van der Waals surface area contributed by atoms with Crippen LogP contribution in [-0.4, -0.2) is 45.4 Å². The first-order valence-electron chi connectivity index (χ1n) is 7.56. The Balaban J connectivity index is 1.94. The fourth-order valence-corrected chi connectivity index (χ4v) is 3.25. The fraction of sp³-hybridized carbons (Fsp3) is 0.733. The number of rotatable bonds is 2. The van der Waals surface area contributed by atoms with Gasteiger partial charge in [-0.1, -0.05) is 11.3 Å². The zero-order valence-electron chi connectivity index (χ0n) is 13.7. The first-order valence-corrected chi connectivity index (χ1v) is 8.38. The van der Waals surface area contributed by atoms with Crippen LogP contribution in [0.2, 0.25) is 0 Å². The molecule has 124 valence electrons. The summed E-state index contributed by atoms with van der Waals surface area (Å²) in [5, 5.41) is 9.17. The molecule has 0 aliphatic carbocycles. The Bertz CT molecular complexity index is 578. The summed E-state index contributed by atoms with van der Waals surface area (Å²) >= 11 is 1.51. The molecule has 6 nitrogen and oxygen atoms in total. The highest BCUT2D eigenvalue weighted by molar-refractivity contribution is 7.09. The van der Waals surface area contributed by atoms with Gasteiger partial charge >= 0.3 is 6.09 Å². The van der Waals surface area contributed by atoms with Gasteiger partial charge in [0, 0.05) is 31.2 Å². The van der Waals surface area contributed by atoms with Crippen molar-refractivity contribution in [1.82, 2.24) is 9.47 Å². The SMILES string of the molecule is Cn1cc(CO)sc1=NC1CCN(C(=O)OC(C)(C)C)CC1. The van der Waals surface area contributed by atoms with Crippen LogP contribution in [0.15, 0.2) is 11.2 Å². The van der Waals surface area contributed by atoms with Gasteiger partial charge in [-0.3, -0.25) is 4.99 Å². The minimum Gasteiger partial charge on any atom is -0.444 e. The second-order valence-electron chi connectivity index (χ2n) is 6.58. The maximum Gasteiger partial charge on any atom is 0.410 e. The summed E-state index contributed by atoms with van der Waals surface area (Å²) in [6.45, 7) is 7.02. The molecular formula is C15H25N3O3S. The molecule has 0 saturated carbocycles. The topological polar surface area (TPSA) is 67.1 Å². The fourth-order valence-electron chi connectivity index (χ4n) is 2.34. The summed E-state index contributed by atoms with van der Waals surface area (Å²) in [6, 6.07) is 0.218. The zero-order valence-corrected chi connectivity index (χ0v) is 14.5. The lowest BCUT2D eigenvalue weighted by Gasteiger charge is -2.32. The van der Waals surface area contributed by atoms with Crippen LogP contribution >= 0.6 is 11.3 Å². The van der Waals surface area contributed by atoms with Crippen LogP contribution in [0, 0.1) is 0 Å². The molecule has 2 rings (SSSR count). The molecule has 0 spiro atoms. The summed E-state index contributed by atoms with van der Waals surface area (Å²) < 4.78 is 7.34. The summed E-state index contributed by atoms with van der Waals surface area (Å²) in [7, 11) is 1.93. The molecule has 1 aromatic rings. The van der Waals surface area contributed by atoms with Gasteiger partial charge in [0.15, 0.2) is 4.80 Å². The molecule has 1 aliphatic heterocycles. The van der Waals surface area contributed by atoms with Crippen molar-refractivity contribution in [3.8, 4) is 0 Å². The average molecular weight is 327 g/mol. The smallest absolute Gasteiger partial charge is 0.410 e. The molecule has 1 fully saturated rings. The summed E-state index contributed by atoms with van der Waals surface area (Å²) in [5.41, 5.74) is -0.455. The number of hydrogen-bond donors (Lipinski definition) is 1. The molecular weight excluding hydrogens is 302 g/mol. The van der Waals surface area contributed by atoms with Crippen LogP contribution in [0.1, 0.15) is 38.5 Å². The van der Waals surface area contributed by atoms with E-state index in [-0.39, 0.29) is 18.7 Å². The van der Waals surface area contributed by atoms with Crippen molar-refractivity contribution < 1.29 is 14.6 Å². The van der Waals surface area contributed by atoms with Crippen molar-refractivity contribution in [1.29, 1.82) is 0 Å². The predicted octanol–water partition coefficient (Wildman–Crippen LogP) is 1.88. The largest absolute Gasteiger partial charge is 0.444 e. The summed E-state index contributed by atoms with van der Waals surface area (Å²) in [6.07, 6.45) is 3.34. The van der Waals surface area contributed by atoms with E-state index in [2.05, 4.69) is 0 Å². The number of nitrogens with zero attached hydrogens (tertiary/aromatic N) is 3. The lowest BCUT2D eigenvalue weighted by Crippen LogP contribution is -2.42. The van der Waals surface area contributed by atoms with Crippen LogP contribution in [0.3, 0.4) is 0 Å². The standard InChI is InChI=1S/C15H25N3O3S/c1-15(2,3)21-14(20)18-7-5-11(6-8-18)16-13-17(4)9-12(10-19)22-13/h9,11,19H,5-8,10H2,1-4H3. The number of aliphatic hydroxyl groups is 1. The minimum absolute atomic E-state index is 0.0467. The number of likely N-dealkylation sites (tertiary alicyclic amines) is 1. The number of amides is 1. The van der Waals surface area contributed by atoms with E-state index in [0.717, 1.165) is 22.5 Å². The van der Waals surface area contributed by atoms with Crippen molar-refractivity contribution in [2.24, 2.45) is 12.0 Å². The van der Waals surface area contributed by atoms with Gasteiger partial charge < -0.3 is 19.3 Å². The molecule has 0 bridgehead atoms. The number of thiazole rings is 1. The highest BCUT2D eigenvalue weighted by Gasteiger charge is 2.26. The third kappa shape index (κ3) is 4.58. The Hall–Kier alpha value is -1.34. The molecule has 0 radical (unpaired) electrons. The van der Waals surface area contributed by atoms with E-state index in [4.69, 9.17) is 14.8 Å². The molecule has 1 aromatic heterocycles. The second kappa shape index (κ2) is 6.83. The molecule has 1 N–H and O–H groups in total. The normalized spacial score (nSPS) is 17.9. The molecule has 0 atom stereocenters. The van der Waals surface area contributed by atoms with Gasteiger partial charge in [-0.15, -0.1) is 0 Å². The number of aryl methyl sites for hydroxylation is 1. The van der Waals surface area contributed by atoms with Crippen molar-refractivity contribution in [3.63, 3.8) is 0 Å². The average Bonchev–Trinajstić information content (AvgIpc) is 2.78. The highest BCUT2D eigenvalue weighted by atomic mass is 32.1. The molecule has 0 aromatic carbocycles. The Morgan fingerprint density at radius 3 is 2.59 bits per heavy atom. The number of aromatic nitrogens is 1. The predicted molar refractivity (Wildman–Crippen MR) is 85.6 cm³/mol. The van der Waals surface area contributed by atoms with Gasteiger partial charge in [0.1, 0.15) is 5.60 Å². The molecule has 7 heteroatoms. The number of piperidine rings is 1. The second-order valence-corrected chi connectivity index (χ2v) is 7.67. The Morgan fingerprint density at radius 1 is 1.45 bits per heavy atom. The van der Waals surface area contributed by atoms with Crippen LogP contribution < -0.4 is 4.80 Å². The first-order chi connectivity index (χ1) is 10.3. The quantitative estimate of drug-likeness (QED) is 0.902. The molecule has 1 saturated heterocycles. The Morgan fingerprint density at radius 2 is 2.09 bits per heavy atom. The van der Waals surface area contributed by atoms with Crippen LogP contribution in [0.5, 0.6) is 0 Å². The number of hydrogen-bond acceptors (Lipinski definition) is 5. The molecule has 0 unspecified atom stereocenters. The minimum atomic E-state index is -0.455. The zero-order chi connectivity index (χ0) is 16.3.